The van der Waals surface area contributed by atoms with Gasteiger partial charge in [0.05, 0.1) is 6.26 Å². The molecule has 0 aromatic heterocycles. The summed E-state index contributed by atoms with van der Waals surface area (Å²) in [5.74, 6) is -7.21. The molecule has 0 saturated carbocycles. The molecule has 42 heavy (non-hydrogen) atoms. The minimum atomic E-state index is -5.25. The van der Waals surface area contributed by atoms with E-state index < -0.39 is 47.8 Å². The van der Waals surface area contributed by atoms with Crippen LogP contribution in [-0.2, 0) is 17.6 Å². The smallest absolute Gasteiger partial charge is 0.495 e. The predicted molar refractivity (Wildman–Crippen MR) is 143 cm³/mol. The van der Waals surface area contributed by atoms with Crippen LogP contribution in [0.25, 0.3) is 28.1 Å². The van der Waals surface area contributed by atoms with Crippen LogP contribution in [0.1, 0.15) is 16.7 Å². The second-order valence-electron chi connectivity index (χ2n) is 9.09. The average molecular weight is 591 g/mol. The summed E-state index contributed by atoms with van der Waals surface area (Å²) in [5.41, 5.74) is 3.13. The minimum Gasteiger partial charge on any atom is -0.495 e. The lowest BCUT2D eigenvalue weighted by Gasteiger charge is -2.12. The highest BCUT2D eigenvalue weighted by Gasteiger charge is 2.34. The quantitative estimate of drug-likeness (QED) is 0.135. The first kappa shape index (κ1) is 30.4. The number of rotatable bonds is 10. The molecule has 4 aromatic rings. The normalized spacial score (nSPS) is 12.1. The number of hydrogen-bond acceptors (Lipinski definition) is 2. The van der Waals surface area contributed by atoms with E-state index in [9.17, 15) is 35.1 Å². The van der Waals surface area contributed by atoms with Crippen molar-refractivity contribution in [1.82, 2.24) is 0 Å². The molecule has 0 amide bonds. The van der Waals surface area contributed by atoms with Crippen molar-refractivity contribution in [3.05, 3.63) is 132 Å². The fourth-order valence-corrected chi connectivity index (χ4v) is 4.19. The van der Waals surface area contributed by atoms with Crippen LogP contribution in [-0.4, -0.2) is 13.0 Å². The molecular formula is C32H22F8O2. The zero-order chi connectivity index (χ0) is 30.4. The van der Waals surface area contributed by atoms with Crippen LogP contribution in [0.3, 0.4) is 0 Å². The predicted octanol–water partition coefficient (Wildman–Crippen LogP) is 9.89. The van der Waals surface area contributed by atoms with Gasteiger partial charge in [0.1, 0.15) is 12.4 Å². The zero-order valence-corrected chi connectivity index (χ0v) is 21.8. The first-order valence-corrected chi connectivity index (χ1v) is 12.4. The summed E-state index contributed by atoms with van der Waals surface area (Å²) in [6, 6.07) is 19.2. The van der Waals surface area contributed by atoms with Crippen LogP contribution in [0.2, 0.25) is 0 Å². The van der Waals surface area contributed by atoms with Crippen LogP contribution >= 0.6 is 0 Å². The fourth-order valence-electron chi connectivity index (χ4n) is 4.19. The Morgan fingerprint density at radius 1 is 0.690 bits per heavy atom. The van der Waals surface area contributed by atoms with E-state index >= 15 is 0 Å². The van der Waals surface area contributed by atoms with Gasteiger partial charge >= 0.3 is 6.36 Å². The third-order valence-electron chi connectivity index (χ3n) is 6.27. The summed E-state index contributed by atoms with van der Waals surface area (Å²) in [6.07, 6.45) is -4.22. The third-order valence-corrected chi connectivity index (χ3v) is 6.27. The van der Waals surface area contributed by atoms with Gasteiger partial charge in [-0.2, -0.15) is 0 Å². The summed E-state index contributed by atoms with van der Waals surface area (Å²) < 4.78 is 116. The lowest BCUT2D eigenvalue weighted by Crippen LogP contribution is -2.19. The maximum absolute atomic E-state index is 14.9. The molecule has 218 valence electrons. The number of hydrogen-bond donors (Lipinski definition) is 0. The van der Waals surface area contributed by atoms with Gasteiger partial charge in [0.2, 0.25) is 5.75 Å². The molecule has 0 unspecified atom stereocenters. The van der Waals surface area contributed by atoms with E-state index in [1.807, 2.05) is 0 Å². The van der Waals surface area contributed by atoms with Gasteiger partial charge in [-0.25, -0.2) is 22.0 Å². The van der Waals surface area contributed by atoms with E-state index in [0.717, 1.165) is 29.5 Å². The van der Waals surface area contributed by atoms with Crippen molar-refractivity contribution in [3.63, 3.8) is 0 Å². The Morgan fingerprint density at radius 3 is 1.74 bits per heavy atom. The van der Waals surface area contributed by atoms with Crippen molar-refractivity contribution in [1.29, 1.82) is 0 Å². The molecule has 0 N–H and O–H groups in total. The maximum atomic E-state index is 14.9. The Bertz CT molecular complexity index is 1570. The zero-order valence-electron chi connectivity index (χ0n) is 21.8. The third kappa shape index (κ3) is 7.57. The fraction of sp³-hybridized carbons (Fsp3) is 0.125. The van der Waals surface area contributed by atoms with E-state index in [0.29, 0.717) is 11.1 Å². The molecule has 0 aliphatic carbocycles. The van der Waals surface area contributed by atoms with Crippen LogP contribution in [0.5, 0.6) is 5.75 Å². The minimum absolute atomic E-state index is 0.0289. The first-order chi connectivity index (χ1) is 19.9. The van der Waals surface area contributed by atoms with Gasteiger partial charge in [0.25, 0.3) is 0 Å². The van der Waals surface area contributed by atoms with Gasteiger partial charge in [0, 0.05) is 5.56 Å². The molecular weight excluding hydrogens is 568 g/mol. The second kappa shape index (κ2) is 12.9. The summed E-state index contributed by atoms with van der Waals surface area (Å²) in [6.45, 7) is 2.72. The average Bonchev–Trinajstić information content (AvgIpc) is 2.96. The van der Waals surface area contributed by atoms with E-state index in [-0.39, 0.29) is 29.5 Å². The van der Waals surface area contributed by atoms with Crippen molar-refractivity contribution < 1.29 is 44.6 Å². The molecule has 0 aliphatic rings. The molecule has 0 heterocycles. The molecule has 0 bridgehead atoms. The largest absolute Gasteiger partial charge is 0.573 e. The number of alkyl halides is 3. The monoisotopic (exact) mass is 590 g/mol. The molecule has 4 aromatic carbocycles. The van der Waals surface area contributed by atoms with Crippen molar-refractivity contribution in [3.8, 4) is 28.0 Å². The standard InChI is InChI=1S/C32H22F8O2/c1-2-41-18-29(36)30(37)24-12-9-21(10-13-24)20-5-7-22(8-6-20)25-14-11-23(26(33)17-25)4-3-19-15-27(34)31(28(35)16-19)42-32(38,39)40/h2,5-17H,1,3-4,18H2. The van der Waals surface area contributed by atoms with Crippen LogP contribution in [0.4, 0.5) is 35.1 Å². The van der Waals surface area contributed by atoms with Gasteiger partial charge in [0.15, 0.2) is 23.3 Å². The molecule has 0 aliphatic heterocycles. The summed E-state index contributed by atoms with van der Waals surface area (Å²) in [4.78, 5) is 0. The summed E-state index contributed by atoms with van der Waals surface area (Å²) >= 11 is 0. The molecule has 0 saturated heterocycles. The number of aryl methyl sites for hydroxylation is 2. The van der Waals surface area contributed by atoms with E-state index in [1.165, 1.54) is 24.3 Å². The van der Waals surface area contributed by atoms with Crippen molar-refractivity contribution in [2.24, 2.45) is 0 Å². The Hall–Kier alpha value is -4.60. The molecule has 4 rings (SSSR count). The number of halogens is 8. The van der Waals surface area contributed by atoms with Gasteiger partial charge in [-0.15, -0.1) is 13.2 Å². The highest BCUT2D eigenvalue weighted by molar-refractivity contribution is 5.72. The second-order valence-corrected chi connectivity index (χ2v) is 9.09. The first-order valence-electron chi connectivity index (χ1n) is 12.4. The van der Waals surface area contributed by atoms with Crippen molar-refractivity contribution >= 4 is 5.83 Å². The van der Waals surface area contributed by atoms with Crippen LogP contribution in [0, 0.1) is 17.5 Å². The van der Waals surface area contributed by atoms with E-state index in [2.05, 4.69) is 16.1 Å². The Kier molecular flexibility index (Phi) is 9.35. The highest BCUT2D eigenvalue weighted by atomic mass is 19.4. The Labute approximate surface area is 236 Å². The van der Waals surface area contributed by atoms with Gasteiger partial charge in [-0.3, -0.25) is 0 Å². The van der Waals surface area contributed by atoms with Gasteiger partial charge < -0.3 is 9.47 Å². The lowest BCUT2D eigenvalue weighted by atomic mass is 9.97. The SMILES string of the molecule is C=COCC(F)=C(F)c1ccc(-c2ccc(-c3ccc(CCc4cc(F)c(OC(F)(F)F)c(F)c4)c(F)c3)cc2)cc1. The van der Waals surface area contributed by atoms with Crippen LogP contribution in [0.15, 0.2) is 97.5 Å². The maximum Gasteiger partial charge on any atom is 0.573 e. The van der Waals surface area contributed by atoms with Crippen LogP contribution < -0.4 is 4.74 Å². The number of benzene rings is 4. The molecule has 0 radical (unpaired) electrons. The summed E-state index contributed by atoms with van der Waals surface area (Å²) in [7, 11) is 0. The lowest BCUT2D eigenvalue weighted by molar-refractivity contribution is -0.276. The van der Waals surface area contributed by atoms with E-state index in [1.54, 1.807) is 42.5 Å². The molecule has 0 spiro atoms. The molecule has 2 nitrogen and oxygen atoms in total. The van der Waals surface area contributed by atoms with E-state index in [4.69, 9.17) is 0 Å². The summed E-state index contributed by atoms with van der Waals surface area (Å²) in [5, 5.41) is 0. The Balaban J connectivity index is 1.43. The molecule has 10 heteroatoms. The van der Waals surface area contributed by atoms with Gasteiger partial charge in [-0.1, -0.05) is 67.2 Å². The molecule has 0 atom stereocenters. The molecule has 0 fully saturated rings. The van der Waals surface area contributed by atoms with Crippen molar-refractivity contribution in [2.45, 2.75) is 19.2 Å². The highest BCUT2D eigenvalue weighted by Crippen LogP contribution is 2.31. The topological polar surface area (TPSA) is 18.5 Å². The van der Waals surface area contributed by atoms with Gasteiger partial charge in [-0.05, 0) is 64.4 Å². The Morgan fingerprint density at radius 2 is 1.21 bits per heavy atom. The number of ether oxygens (including phenoxy) is 2. The van der Waals surface area contributed by atoms with Crippen molar-refractivity contribution in [2.75, 3.05) is 6.61 Å².